The molecule has 4 amide bonds. The Kier molecular flexibility index (Phi) is 5.61. The molecule has 4 aromatic carbocycles. The number of allylic oxidation sites excluding steroid dienone is 1. The van der Waals surface area contributed by atoms with E-state index in [2.05, 4.69) is 36.8 Å². The summed E-state index contributed by atoms with van der Waals surface area (Å²) >= 11 is 6.90. The molecule has 2 saturated heterocycles. The average Bonchev–Trinajstić information content (AvgIpc) is 3.62. The molecule has 220 valence electrons. The van der Waals surface area contributed by atoms with Crippen LogP contribution in [-0.4, -0.2) is 29.2 Å². The van der Waals surface area contributed by atoms with Crippen molar-refractivity contribution in [2.45, 2.75) is 5.54 Å². The van der Waals surface area contributed by atoms with Crippen LogP contribution < -0.4 is 14.7 Å². The van der Waals surface area contributed by atoms with Gasteiger partial charge in [0.2, 0.25) is 23.6 Å². The summed E-state index contributed by atoms with van der Waals surface area (Å²) in [5.41, 5.74) is 3.03. The molecule has 1 spiro atoms. The van der Waals surface area contributed by atoms with Gasteiger partial charge in [0.15, 0.2) is 0 Å². The smallest absolute Gasteiger partial charge is 0.240 e. The number of carbonyl (C=O) groups is 4. The molecular weight excluding hydrogens is 698 g/mol. The molecule has 6 aliphatic rings. The van der Waals surface area contributed by atoms with Gasteiger partial charge in [-0.05, 0) is 72.3 Å². The van der Waals surface area contributed by atoms with Crippen LogP contribution in [0.25, 0.3) is 5.57 Å². The Morgan fingerprint density at radius 3 is 1.56 bits per heavy atom. The average molecular weight is 721 g/mol. The fraction of sp³-hybridized carbons (Fsp3) is 0.167. The number of fused-ring (bicyclic) bond motifs is 1. The Bertz CT molecular complexity index is 1920. The molecule has 1 saturated carbocycles. The molecule has 0 radical (unpaired) electrons. The van der Waals surface area contributed by atoms with Crippen LogP contribution in [0.2, 0.25) is 0 Å². The molecule has 3 fully saturated rings. The van der Waals surface area contributed by atoms with Gasteiger partial charge in [-0.1, -0.05) is 74.3 Å². The molecule has 3 heterocycles. The molecule has 6 atom stereocenters. The molecule has 45 heavy (non-hydrogen) atoms. The first-order valence-corrected chi connectivity index (χ1v) is 16.4. The Morgan fingerprint density at radius 1 is 0.533 bits per heavy atom. The van der Waals surface area contributed by atoms with Crippen LogP contribution in [0.15, 0.2) is 118 Å². The maximum Gasteiger partial charge on any atom is 0.240 e. The zero-order valence-electron chi connectivity index (χ0n) is 23.5. The molecule has 3 aliphatic carbocycles. The van der Waals surface area contributed by atoms with Crippen molar-refractivity contribution < 1.29 is 19.2 Å². The van der Waals surface area contributed by atoms with Crippen molar-refractivity contribution in [3.8, 4) is 0 Å². The minimum atomic E-state index is -1.30. The number of carbonyl (C=O) groups excluding carboxylic acids is 4. The van der Waals surface area contributed by atoms with Gasteiger partial charge in [-0.3, -0.25) is 19.2 Å². The van der Waals surface area contributed by atoms with Gasteiger partial charge >= 0.3 is 0 Å². The summed E-state index contributed by atoms with van der Waals surface area (Å²) in [5.74, 6) is -5.41. The minimum Gasteiger partial charge on any atom is -0.329 e. The number of nitrogens with zero attached hydrogens (tertiary/aromatic N) is 3. The number of benzene rings is 4. The normalized spacial score (nSPS) is 29.2. The summed E-state index contributed by atoms with van der Waals surface area (Å²) in [6.07, 6.45) is 2.04. The third-order valence-electron chi connectivity index (χ3n) is 10.3. The molecule has 10 rings (SSSR count). The first-order chi connectivity index (χ1) is 21.8. The van der Waals surface area contributed by atoms with Crippen molar-refractivity contribution in [2.75, 3.05) is 14.7 Å². The van der Waals surface area contributed by atoms with Crippen molar-refractivity contribution in [3.05, 3.63) is 124 Å². The third-order valence-corrected chi connectivity index (χ3v) is 11.3. The van der Waals surface area contributed by atoms with E-state index >= 15 is 0 Å². The van der Waals surface area contributed by atoms with Crippen molar-refractivity contribution in [2.24, 2.45) is 29.6 Å². The molecule has 2 bridgehead atoms. The second kappa shape index (κ2) is 9.34. The van der Waals surface area contributed by atoms with Gasteiger partial charge in [0.25, 0.3) is 0 Å². The Hall–Kier alpha value is -4.34. The fourth-order valence-electron chi connectivity index (χ4n) is 8.79. The van der Waals surface area contributed by atoms with E-state index in [1.807, 2.05) is 60.7 Å². The van der Waals surface area contributed by atoms with Crippen LogP contribution in [0.1, 0.15) is 5.56 Å². The molecule has 3 aliphatic heterocycles. The minimum absolute atomic E-state index is 0.336. The van der Waals surface area contributed by atoms with Crippen LogP contribution in [0.5, 0.6) is 0 Å². The number of anilines is 4. The molecular formula is C36H23Br2N3O4. The first kappa shape index (κ1) is 27.0. The number of halogens is 2. The lowest BCUT2D eigenvalue weighted by Crippen LogP contribution is -2.68. The fourth-order valence-corrected chi connectivity index (χ4v) is 9.32. The van der Waals surface area contributed by atoms with E-state index in [9.17, 15) is 19.2 Å². The predicted octanol–water partition coefficient (Wildman–Crippen LogP) is 6.74. The lowest BCUT2D eigenvalue weighted by molar-refractivity contribution is -0.138. The van der Waals surface area contributed by atoms with E-state index in [0.29, 0.717) is 11.4 Å². The van der Waals surface area contributed by atoms with Crippen LogP contribution in [-0.2, 0) is 19.2 Å². The summed E-state index contributed by atoms with van der Waals surface area (Å²) in [6.45, 7) is 0. The van der Waals surface area contributed by atoms with Crippen molar-refractivity contribution in [1.82, 2.24) is 0 Å². The summed E-state index contributed by atoms with van der Waals surface area (Å²) < 4.78 is 1.65. The second-order valence-corrected chi connectivity index (χ2v) is 14.0. The van der Waals surface area contributed by atoms with Gasteiger partial charge in [0.1, 0.15) is 0 Å². The van der Waals surface area contributed by atoms with E-state index in [0.717, 1.165) is 31.5 Å². The van der Waals surface area contributed by atoms with Gasteiger partial charge in [0.05, 0.1) is 40.6 Å². The molecule has 2 unspecified atom stereocenters. The number of hydrogen-bond acceptors (Lipinski definition) is 5. The first-order valence-electron chi connectivity index (χ1n) is 14.8. The van der Waals surface area contributed by atoms with Gasteiger partial charge < -0.3 is 4.90 Å². The quantitative estimate of drug-likeness (QED) is 0.219. The summed E-state index contributed by atoms with van der Waals surface area (Å²) in [4.78, 5) is 63.5. The topological polar surface area (TPSA) is 78.0 Å². The lowest BCUT2D eigenvalue weighted by Gasteiger charge is -2.57. The number of imide groups is 2. The predicted molar refractivity (Wildman–Crippen MR) is 176 cm³/mol. The summed E-state index contributed by atoms with van der Waals surface area (Å²) in [6, 6.07) is 31.8. The lowest BCUT2D eigenvalue weighted by atomic mass is 9.47. The number of hydrogen-bond donors (Lipinski definition) is 0. The highest BCUT2D eigenvalue weighted by Gasteiger charge is 2.80. The third kappa shape index (κ3) is 3.29. The highest BCUT2D eigenvalue weighted by Crippen LogP contribution is 2.71. The van der Waals surface area contributed by atoms with Crippen molar-refractivity contribution in [3.63, 3.8) is 0 Å². The Labute approximate surface area is 275 Å². The van der Waals surface area contributed by atoms with Crippen LogP contribution in [0.4, 0.5) is 22.7 Å². The Morgan fingerprint density at radius 2 is 1.02 bits per heavy atom. The SMILES string of the molecule is O=C1[C@@H]2C3C=C4c5ccccc5N(c5ccccc5)C4([C@H]2C(=O)N1c1ccc(Br)cc1)[C@H]1C(=O)N(c2ccc(Br)cc2)C(=O)[C@@H]31. The summed E-state index contributed by atoms with van der Waals surface area (Å²) in [7, 11) is 0. The van der Waals surface area contributed by atoms with Crippen molar-refractivity contribution >= 4 is 83.8 Å². The zero-order valence-corrected chi connectivity index (χ0v) is 26.7. The molecule has 7 nitrogen and oxygen atoms in total. The number of amides is 4. The maximum atomic E-state index is 14.9. The van der Waals surface area contributed by atoms with Gasteiger partial charge in [-0.25, -0.2) is 9.80 Å². The highest BCUT2D eigenvalue weighted by molar-refractivity contribution is 9.10. The van der Waals surface area contributed by atoms with Crippen LogP contribution in [0.3, 0.4) is 0 Å². The highest BCUT2D eigenvalue weighted by atomic mass is 79.9. The van der Waals surface area contributed by atoms with Gasteiger partial charge in [-0.15, -0.1) is 0 Å². The largest absolute Gasteiger partial charge is 0.329 e. The second-order valence-electron chi connectivity index (χ2n) is 12.2. The molecule has 9 heteroatoms. The van der Waals surface area contributed by atoms with E-state index in [4.69, 9.17) is 0 Å². The van der Waals surface area contributed by atoms with Crippen molar-refractivity contribution in [1.29, 1.82) is 0 Å². The van der Waals surface area contributed by atoms with E-state index < -0.39 is 35.1 Å². The molecule has 0 N–H and O–H groups in total. The Balaban J connectivity index is 1.32. The van der Waals surface area contributed by atoms with E-state index in [1.165, 1.54) is 9.80 Å². The number of para-hydroxylation sites is 2. The zero-order chi connectivity index (χ0) is 30.8. The monoisotopic (exact) mass is 719 g/mol. The van der Waals surface area contributed by atoms with Crippen LogP contribution in [0, 0.1) is 29.6 Å². The number of rotatable bonds is 3. The van der Waals surface area contributed by atoms with Gasteiger partial charge in [0, 0.05) is 31.8 Å². The van der Waals surface area contributed by atoms with E-state index in [-0.39, 0.29) is 23.6 Å². The maximum absolute atomic E-state index is 14.9. The van der Waals surface area contributed by atoms with Gasteiger partial charge in [-0.2, -0.15) is 0 Å². The van der Waals surface area contributed by atoms with Crippen LogP contribution >= 0.6 is 31.9 Å². The molecule has 4 aromatic rings. The summed E-state index contributed by atoms with van der Waals surface area (Å²) in [5, 5.41) is 0. The molecule has 0 aromatic heterocycles. The van der Waals surface area contributed by atoms with E-state index in [1.54, 1.807) is 48.5 Å². The standard InChI is InChI=1S/C36H23Br2N3O4/c37-19-10-14-21(15-11-19)39-32(42)28-25-18-26-24-8-4-5-9-27(24)41(23-6-2-1-3-7-23)36(26,30(28)34(39)44)31-29(25)33(43)40(35(31)45)22-16-12-20(38)13-17-22/h1-18,25,28-31H/t25?,28-,29+,30-,31-,36?/m1/s1.